The van der Waals surface area contributed by atoms with Gasteiger partial charge in [0, 0.05) is 31.3 Å². The summed E-state index contributed by atoms with van der Waals surface area (Å²) < 4.78 is 0. The van der Waals surface area contributed by atoms with Gasteiger partial charge >= 0.3 is 0 Å². The molecule has 110 valence electrons. The second-order valence-electron chi connectivity index (χ2n) is 5.76. The molecule has 1 heterocycles. The average Bonchev–Trinajstić information content (AvgIpc) is 3.24. The van der Waals surface area contributed by atoms with Crippen LogP contribution >= 0.6 is 0 Å². The lowest BCUT2D eigenvalue weighted by Crippen LogP contribution is -2.23. The Morgan fingerprint density at radius 2 is 2.05 bits per heavy atom. The van der Waals surface area contributed by atoms with E-state index in [0.29, 0.717) is 12.3 Å². The van der Waals surface area contributed by atoms with Crippen molar-refractivity contribution in [1.82, 2.24) is 5.32 Å². The first kappa shape index (κ1) is 13.9. The summed E-state index contributed by atoms with van der Waals surface area (Å²) in [6.07, 6.45) is 7.42. The lowest BCUT2D eigenvalue weighted by Gasteiger charge is -2.15. The van der Waals surface area contributed by atoms with Crippen LogP contribution in [0.4, 0.5) is 5.69 Å². The van der Waals surface area contributed by atoms with E-state index in [0.717, 1.165) is 30.8 Å². The second kappa shape index (κ2) is 6.12. The maximum Gasteiger partial charge on any atom is 0.244 e. The van der Waals surface area contributed by atoms with Gasteiger partial charge in [0.15, 0.2) is 0 Å². The van der Waals surface area contributed by atoms with Crippen LogP contribution in [-0.2, 0) is 9.59 Å². The van der Waals surface area contributed by atoms with Crippen molar-refractivity contribution in [1.29, 1.82) is 0 Å². The Morgan fingerprint density at radius 1 is 1.29 bits per heavy atom. The highest BCUT2D eigenvalue weighted by molar-refractivity contribution is 5.95. The van der Waals surface area contributed by atoms with Crippen molar-refractivity contribution in [2.45, 2.75) is 25.7 Å². The Kier molecular flexibility index (Phi) is 4.04. The third-order valence-electron chi connectivity index (χ3n) is 3.97. The third-order valence-corrected chi connectivity index (χ3v) is 3.97. The summed E-state index contributed by atoms with van der Waals surface area (Å²) in [5.74, 6) is 0.845. The van der Waals surface area contributed by atoms with Gasteiger partial charge in [-0.05, 0) is 49.0 Å². The molecule has 1 aliphatic carbocycles. The summed E-state index contributed by atoms with van der Waals surface area (Å²) in [6.45, 7) is 1.59. The van der Waals surface area contributed by atoms with E-state index < -0.39 is 0 Å². The number of hydrogen-bond acceptors (Lipinski definition) is 2. The molecule has 1 aromatic carbocycles. The molecule has 0 radical (unpaired) electrons. The van der Waals surface area contributed by atoms with Crippen LogP contribution in [0.3, 0.4) is 0 Å². The Hall–Kier alpha value is -2.10. The predicted octanol–water partition coefficient (Wildman–Crippen LogP) is 2.35. The lowest BCUT2D eigenvalue weighted by molar-refractivity contribution is -0.117. The van der Waals surface area contributed by atoms with Crippen LogP contribution < -0.4 is 10.2 Å². The van der Waals surface area contributed by atoms with E-state index in [1.165, 1.54) is 12.8 Å². The van der Waals surface area contributed by atoms with Gasteiger partial charge in [-0.15, -0.1) is 0 Å². The molecule has 0 atom stereocenters. The number of rotatable bonds is 5. The van der Waals surface area contributed by atoms with Crippen molar-refractivity contribution >= 4 is 23.6 Å². The van der Waals surface area contributed by atoms with Gasteiger partial charge in [0.2, 0.25) is 11.8 Å². The molecule has 3 rings (SSSR count). The summed E-state index contributed by atoms with van der Waals surface area (Å²) in [5, 5.41) is 2.90. The van der Waals surface area contributed by atoms with Crippen molar-refractivity contribution in [2.75, 3.05) is 18.0 Å². The number of amides is 2. The first-order valence-electron chi connectivity index (χ1n) is 7.59. The summed E-state index contributed by atoms with van der Waals surface area (Å²) in [6, 6.07) is 7.74. The molecule has 4 heteroatoms. The van der Waals surface area contributed by atoms with E-state index in [4.69, 9.17) is 0 Å². The number of hydrogen-bond donors (Lipinski definition) is 1. The maximum absolute atomic E-state index is 11.7. The number of nitrogens with zero attached hydrogens (tertiary/aromatic N) is 1. The van der Waals surface area contributed by atoms with Crippen molar-refractivity contribution in [2.24, 2.45) is 5.92 Å². The summed E-state index contributed by atoms with van der Waals surface area (Å²) in [7, 11) is 0. The first-order chi connectivity index (χ1) is 10.2. The quantitative estimate of drug-likeness (QED) is 0.844. The van der Waals surface area contributed by atoms with Crippen LogP contribution in [0.5, 0.6) is 0 Å². The van der Waals surface area contributed by atoms with E-state index in [1.54, 1.807) is 12.2 Å². The highest BCUT2D eigenvalue weighted by atomic mass is 16.2. The molecular formula is C17H20N2O2. The van der Waals surface area contributed by atoms with Crippen LogP contribution in [0.1, 0.15) is 31.2 Å². The predicted molar refractivity (Wildman–Crippen MR) is 82.8 cm³/mol. The molecule has 1 saturated heterocycles. The smallest absolute Gasteiger partial charge is 0.244 e. The molecule has 2 amide bonds. The molecule has 21 heavy (non-hydrogen) atoms. The minimum Gasteiger partial charge on any atom is -0.352 e. The Bertz CT molecular complexity index is 559. The molecule has 2 aliphatic rings. The normalized spacial score (nSPS) is 18.5. The fraction of sp³-hybridized carbons (Fsp3) is 0.412. The van der Waals surface area contributed by atoms with Crippen LogP contribution in [0.25, 0.3) is 6.08 Å². The van der Waals surface area contributed by atoms with Crippen LogP contribution in [0, 0.1) is 5.92 Å². The minimum atomic E-state index is -0.0410. The standard InChI is InChI=1S/C17H20N2O2/c20-16(18-12-14-3-4-14)10-7-13-5-8-15(9-6-13)19-11-1-2-17(19)21/h5-10,14H,1-4,11-12H2,(H,18,20). The Labute approximate surface area is 124 Å². The van der Waals surface area contributed by atoms with E-state index in [2.05, 4.69) is 5.32 Å². The average molecular weight is 284 g/mol. The van der Waals surface area contributed by atoms with E-state index >= 15 is 0 Å². The van der Waals surface area contributed by atoms with Gasteiger partial charge < -0.3 is 10.2 Å². The number of nitrogens with one attached hydrogen (secondary N) is 1. The lowest BCUT2D eigenvalue weighted by atomic mass is 10.2. The monoisotopic (exact) mass is 284 g/mol. The number of carbonyl (C=O) groups excluding carboxylic acids is 2. The number of carbonyl (C=O) groups is 2. The topological polar surface area (TPSA) is 49.4 Å². The van der Waals surface area contributed by atoms with E-state index in [-0.39, 0.29) is 11.8 Å². The summed E-state index contributed by atoms with van der Waals surface area (Å²) in [5.41, 5.74) is 1.90. The molecule has 1 aliphatic heterocycles. The molecule has 0 spiro atoms. The van der Waals surface area contributed by atoms with Crippen molar-refractivity contribution in [3.63, 3.8) is 0 Å². The summed E-state index contributed by atoms with van der Waals surface area (Å²) >= 11 is 0. The van der Waals surface area contributed by atoms with Gasteiger partial charge in [-0.2, -0.15) is 0 Å². The van der Waals surface area contributed by atoms with Gasteiger partial charge in [-0.25, -0.2) is 0 Å². The zero-order valence-corrected chi connectivity index (χ0v) is 12.0. The van der Waals surface area contributed by atoms with Crippen LogP contribution in [0.2, 0.25) is 0 Å². The van der Waals surface area contributed by atoms with Gasteiger partial charge in [0.25, 0.3) is 0 Å². The van der Waals surface area contributed by atoms with Crippen molar-refractivity contribution in [3.8, 4) is 0 Å². The molecule has 0 unspecified atom stereocenters. The van der Waals surface area contributed by atoms with Gasteiger partial charge in [-0.3, -0.25) is 9.59 Å². The number of benzene rings is 1. The second-order valence-corrected chi connectivity index (χ2v) is 5.76. The highest BCUT2D eigenvalue weighted by Crippen LogP contribution is 2.27. The van der Waals surface area contributed by atoms with Gasteiger partial charge in [0.1, 0.15) is 0 Å². The highest BCUT2D eigenvalue weighted by Gasteiger charge is 2.21. The van der Waals surface area contributed by atoms with Crippen LogP contribution in [0.15, 0.2) is 30.3 Å². The maximum atomic E-state index is 11.7. The number of anilines is 1. The Balaban J connectivity index is 1.55. The molecular weight excluding hydrogens is 264 g/mol. The largest absolute Gasteiger partial charge is 0.352 e. The van der Waals surface area contributed by atoms with Gasteiger partial charge in [-0.1, -0.05) is 12.1 Å². The van der Waals surface area contributed by atoms with Gasteiger partial charge in [0.05, 0.1) is 0 Å². The molecule has 0 aromatic heterocycles. The van der Waals surface area contributed by atoms with Crippen molar-refractivity contribution < 1.29 is 9.59 Å². The zero-order valence-electron chi connectivity index (χ0n) is 12.0. The fourth-order valence-corrected chi connectivity index (χ4v) is 2.48. The molecule has 1 aromatic rings. The van der Waals surface area contributed by atoms with E-state index in [9.17, 15) is 9.59 Å². The third kappa shape index (κ3) is 3.72. The zero-order chi connectivity index (χ0) is 14.7. The first-order valence-corrected chi connectivity index (χ1v) is 7.59. The Morgan fingerprint density at radius 3 is 2.67 bits per heavy atom. The molecule has 2 fully saturated rings. The molecule has 4 nitrogen and oxygen atoms in total. The summed E-state index contributed by atoms with van der Waals surface area (Å²) in [4.78, 5) is 25.1. The van der Waals surface area contributed by atoms with Crippen LogP contribution in [-0.4, -0.2) is 24.9 Å². The van der Waals surface area contributed by atoms with Crippen molar-refractivity contribution in [3.05, 3.63) is 35.9 Å². The molecule has 1 saturated carbocycles. The SMILES string of the molecule is O=C(C=Cc1ccc(N2CCCC2=O)cc1)NCC1CC1. The molecule has 1 N–H and O–H groups in total. The fourth-order valence-electron chi connectivity index (χ4n) is 2.48. The van der Waals surface area contributed by atoms with E-state index in [1.807, 2.05) is 29.2 Å². The minimum absolute atomic E-state index is 0.0410. The molecule has 0 bridgehead atoms.